The number of nitrogens with zero attached hydrogens (tertiary/aromatic N) is 6. The van der Waals surface area contributed by atoms with Crippen LogP contribution in [-0.2, 0) is 6.54 Å². The SMILES string of the molecule is C1=CNC(=NCc2nn[nH]n2)N(c2nc3ccccc3s2)C1. The number of thiazole rings is 1. The topological polar surface area (TPSA) is 95.0 Å². The first-order chi connectivity index (χ1) is 10.9. The average Bonchev–Trinajstić information content (AvgIpc) is 3.22. The Morgan fingerprint density at radius 2 is 2.27 bits per heavy atom. The van der Waals surface area contributed by atoms with Gasteiger partial charge in [0.05, 0.1) is 10.2 Å². The predicted octanol–water partition coefficient (Wildman–Crippen LogP) is 1.29. The van der Waals surface area contributed by atoms with Crippen LogP contribution in [0.25, 0.3) is 10.2 Å². The van der Waals surface area contributed by atoms with Crippen molar-refractivity contribution in [2.75, 3.05) is 11.4 Å². The monoisotopic (exact) mass is 312 g/mol. The van der Waals surface area contributed by atoms with Crippen molar-refractivity contribution in [3.8, 4) is 0 Å². The number of hydrogen-bond donors (Lipinski definition) is 2. The van der Waals surface area contributed by atoms with Crippen LogP contribution >= 0.6 is 11.3 Å². The number of H-pyrrole nitrogens is 1. The third kappa shape index (κ3) is 2.42. The first-order valence-corrected chi connectivity index (χ1v) is 7.53. The second kappa shape index (κ2) is 5.53. The van der Waals surface area contributed by atoms with Crippen LogP contribution in [0.1, 0.15) is 5.82 Å². The highest BCUT2D eigenvalue weighted by atomic mass is 32.1. The van der Waals surface area contributed by atoms with Gasteiger partial charge in [0.1, 0.15) is 6.54 Å². The van der Waals surface area contributed by atoms with Gasteiger partial charge in [-0.2, -0.15) is 5.21 Å². The Bertz CT molecular complexity index is 802. The molecule has 0 amide bonds. The summed E-state index contributed by atoms with van der Waals surface area (Å²) in [4.78, 5) is 11.2. The smallest absolute Gasteiger partial charge is 0.205 e. The van der Waals surface area contributed by atoms with Crippen LogP contribution in [0.4, 0.5) is 5.13 Å². The van der Waals surface area contributed by atoms with Crippen LogP contribution in [0.15, 0.2) is 41.5 Å². The van der Waals surface area contributed by atoms with Gasteiger partial charge in [0.25, 0.3) is 0 Å². The Hall–Kier alpha value is -2.81. The van der Waals surface area contributed by atoms with Gasteiger partial charge in [0.2, 0.25) is 5.96 Å². The number of tetrazole rings is 1. The number of nitrogens with one attached hydrogen (secondary N) is 2. The molecule has 2 N–H and O–H groups in total. The molecule has 0 fully saturated rings. The van der Waals surface area contributed by atoms with Gasteiger partial charge in [-0.3, -0.25) is 4.90 Å². The Kier molecular flexibility index (Phi) is 3.24. The molecule has 0 unspecified atom stereocenters. The molecule has 0 radical (unpaired) electrons. The van der Waals surface area contributed by atoms with Crippen molar-refractivity contribution >= 4 is 32.6 Å². The lowest BCUT2D eigenvalue weighted by Gasteiger charge is -2.24. The molecule has 4 rings (SSSR count). The van der Waals surface area contributed by atoms with Gasteiger partial charge < -0.3 is 5.32 Å². The number of benzene rings is 1. The second-order valence-corrected chi connectivity index (χ2v) is 5.60. The van der Waals surface area contributed by atoms with E-state index in [0.29, 0.717) is 12.4 Å². The van der Waals surface area contributed by atoms with E-state index in [9.17, 15) is 0 Å². The summed E-state index contributed by atoms with van der Waals surface area (Å²) in [5.41, 5.74) is 0.995. The highest BCUT2D eigenvalue weighted by molar-refractivity contribution is 7.22. The van der Waals surface area contributed by atoms with E-state index in [-0.39, 0.29) is 0 Å². The molecule has 1 aliphatic rings. The van der Waals surface area contributed by atoms with Crippen molar-refractivity contribution < 1.29 is 0 Å². The molecule has 110 valence electrons. The maximum Gasteiger partial charge on any atom is 0.205 e. The molecule has 0 atom stereocenters. The number of hydrogen-bond acceptors (Lipinski definition) is 6. The second-order valence-electron chi connectivity index (χ2n) is 4.59. The Morgan fingerprint density at radius 1 is 1.32 bits per heavy atom. The van der Waals surface area contributed by atoms with Crippen LogP contribution in [0.2, 0.25) is 0 Å². The van der Waals surface area contributed by atoms with Gasteiger partial charge in [-0.15, -0.1) is 10.2 Å². The molecule has 2 aromatic heterocycles. The molecule has 1 aromatic carbocycles. The van der Waals surface area contributed by atoms with E-state index in [1.54, 1.807) is 11.3 Å². The van der Waals surface area contributed by atoms with Crippen molar-refractivity contribution in [2.45, 2.75) is 6.54 Å². The molecule has 3 aromatic rings. The summed E-state index contributed by atoms with van der Waals surface area (Å²) >= 11 is 1.64. The normalized spacial score (nSPS) is 16.4. The van der Waals surface area contributed by atoms with Gasteiger partial charge in [-0.25, -0.2) is 9.98 Å². The molecule has 1 aliphatic heterocycles. The molecule has 0 saturated heterocycles. The summed E-state index contributed by atoms with van der Waals surface area (Å²) < 4.78 is 1.16. The highest BCUT2D eigenvalue weighted by Crippen LogP contribution is 2.29. The molecule has 0 aliphatic carbocycles. The number of aliphatic imine (C=N–C) groups is 1. The Balaban J connectivity index is 1.65. The summed E-state index contributed by atoms with van der Waals surface area (Å²) in [6.07, 6.45) is 3.90. The fourth-order valence-corrected chi connectivity index (χ4v) is 3.10. The summed E-state index contributed by atoms with van der Waals surface area (Å²) in [6, 6.07) is 8.09. The first-order valence-electron chi connectivity index (χ1n) is 6.71. The average molecular weight is 312 g/mol. The molecule has 8 nitrogen and oxygen atoms in total. The van der Waals surface area contributed by atoms with Crippen LogP contribution in [0.3, 0.4) is 0 Å². The van der Waals surface area contributed by atoms with E-state index >= 15 is 0 Å². The molecule has 3 heterocycles. The molecule has 0 bridgehead atoms. The van der Waals surface area contributed by atoms with E-state index < -0.39 is 0 Å². The largest absolute Gasteiger partial charge is 0.333 e. The number of aromatic nitrogens is 5. The van der Waals surface area contributed by atoms with Crippen molar-refractivity contribution in [1.82, 2.24) is 30.9 Å². The number of fused-ring (bicyclic) bond motifs is 1. The van der Waals surface area contributed by atoms with E-state index in [0.717, 1.165) is 27.9 Å². The van der Waals surface area contributed by atoms with Gasteiger partial charge in [-0.05, 0) is 18.2 Å². The lowest BCUT2D eigenvalue weighted by Crippen LogP contribution is -2.42. The van der Waals surface area contributed by atoms with Gasteiger partial charge in [0, 0.05) is 12.7 Å². The van der Waals surface area contributed by atoms with E-state index in [1.807, 2.05) is 35.4 Å². The van der Waals surface area contributed by atoms with Crippen molar-refractivity contribution in [3.05, 3.63) is 42.4 Å². The zero-order chi connectivity index (χ0) is 14.8. The van der Waals surface area contributed by atoms with E-state index in [2.05, 4.69) is 42.0 Å². The molecule has 0 spiro atoms. The predicted molar refractivity (Wildman–Crippen MR) is 84.6 cm³/mol. The zero-order valence-electron chi connectivity index (χ0n) is 11.5. The van der Waals surface area contributed by atoms with Crippen LogP contribution in [0.5, 0.6) is 0 Å². The Morgan fingerprint density at radius 3 is 3.14 bits per heavy atom. The third-order valence-electron chi connectivity index (χ3n) is 3.15. The van der Waals surface area contributed by atoms with E-state index in [1.165, 1.54) is 0 Å². The number of para-hydroxylation sites is 1. The van der Waals surface area contributed by atoms with Crippen molar-refractivity contribution in [1.29, 1.82) is 0 Å². The lowest BCUT2D eigenvalue weighted by molar-refractivity contribution is 0.881. The number of rotatable bonds is 3. The van der Waals surface area contributed by atoms with Crippen LogP contribution in [0, 0.1) is 0 Å². The minimum Gasteiger partial charge on any atom is -0.333 e. The van der Waals surface area contributed by atoms with Crippen molar-refractivity contribution in [3.63, 3.8) is 0 Å². The minimum atomic E-state index is 0.355. The molecule has 0 saturated carbocycles. The summed E-state index contributed by atoms with van der Waals surface area (Å²) in [5, 5.41) is 17.8. The van der Waals surface area contributed by atoms with Crippen LogP contribution in [-0.4, -0.2) is 38.1 Å². The maximum atomic E-state index is 4.67. The van der Waals surface area contributed by atoms with Gasteiger partial charge in [-0.1, -0.05) is 28.7 Å². The van der Waals surface area contributed by atoms with Gasteiger partial charge >= 0.3 is 0 Å². The quantitative estimate of drug-likeness (QED) is 0.756. The van der Waals surface area contributed by atoms with E-state index in [4.69, 9.17) is 0 Å². The number of anilines is 1. The number of aromatic amines is 1. The zero-order valence-corrected chi connectivity index (χ0v) is 12.3. The molecule has 22 heavy (non-hydrogen) atoms. The fraction of sp³-hybridized carbons (Fsp3) is 0.154. The lowest BCUT2D eigenvalue weighted by atomic mass is 10.3. The molecular formula is C13H12N8S. The molecular weight excluding hydrogens is 300 g/mol. The number of guanidine groups is 1. The highest BCUT2D eigenvalue weighted by Gasteiger charge is 2.18. The Labute approximate surface area is 129 Å². The summed E-state index contributed by atoms with van der Waals surface area (Å²) in [6.45, 7) is 1.08. The summed E-state index contributed by atoms with van der Waals surface area (Å²) in [5.74, 6) is 1.28. The van der Waals surface area contributed by atoms with Gasteiger partial charge in [0.15, 0.2) is 11.0 Å². The first kappa shape index (κ1) is 12.9. The molecule has 9 heteroatoms. The minimum absolute atomic E-state index is 0.355. The summed E-state index contributed by atoms with van der Waals surface area (Å²) in [7, 11) is 0. The standard InChI is InChI=1S/C13H12N8S/c1-2-5-10-9(4-1)16-13(22-10)21-7-3-6-14-12(21)15-8-11-17-19-20-18-11/h1-6H,7-8H2,(H,14,15)(H,17,18,19,20). The maximum absolute atomic E-state index is 4.67. The fourth-order valence-electron chi connectivity index (χ4n) is 2.13. The third-order valence-corrected chi connectivity index (χ3v) is 4.21. The van der Waals surface area contributed by atoms with Crippen molar-refractivity contribution in [2.24, 2.45) is 4.99 Å². The van der Waals surface area contributed by atoms with Crippen LogP contribution < -0.4 is 10.2 Å².